The zero-order valence-corrected chi connectivity index (χ0v) is 65.3. The summed E-state index contributed by atoms with van der Waals surface area (Å²) in [6.45, 7) is 6.50. The number of hydrogen-bond donors (Lipinski definition) is 0. The number of hydrogen-bond acceptors (Lipinski definition) is 8. The van der Waals surface area contributed by atoms with Crippen molar-refractivity contribution in [2.24, 2.45) is 0 Å². The molecule has 0 amide bonds. The van der Waals surface area contributed by atoms with Crippen molar-refractivity contribution in [2.75, 3.05) is 19.6 Å². The minimum absolute atomic E-state index is 0.834. The first-order valence-corrected chi connectivity index (χ1v) is 40.6. The summed E-state index contributed by atoms with van der Waals surface area (Å²) in [5.74, 6) is 0. The van der Waals surface area contributed by atoms with Gasteiger partial charge in [-0.3, -0.25) is 0 Å². The summed E-state index contributed by atoms with van der Waals surface area (Å²) in [5, 5.41) is 22.0. The molecule has 8 heteroatoms. The van der Waals surface area contributed by atoms with Crippen LogP contribution in [0.2, 0.25) is 0 Å². The number of furan rings is 4. The minimum atomic E-state index is 0.834. The van der Waals surface area contributed by atoms with Gasteiger partial charge in [0.2, 0.25) is 0 Å². The third kappa shape index (κ3) is 11.4. The van der Waals surface area contributed by atoms with Gasteiger partial charge in [-0.25, -0.2) is 0 Å². The molecule has 4 heterocycles. The van der Waals surface area contributed by atoms with Crippen LogP contribution >= 0.6 is 0 Å². The van der Waals surface area contributed by atoms with Crippen LogP contribution in [-0.2, 0) is 0 Å². The maximum absolute atomic E-state index is 6.87. The summed E-state index contributed by atoms with van der Waals surface area (Å²) >= 11 is 0. The van der Waals surface area contributed by atoms with Gasteiger partial charge in [0.15, 0.2) is 0 Å². The van der Waals surface area contributed by atoms with Crippen LogP contribution in [-0.4, -0.2) is 0 Å². The molecular formula is C111H72N4O4. The quantitative estimate of drug-likeness (QED) is 0.113. The average molecular weight is 1530 g/mol. The highest BCUT2D eigenvalue weighted by molar-refractivity contribution is 6.21. The van der Waals surface area contributed by atoms with Gasteiger partial charge in [-0.1, -0.05) is 152 Å². The third-order valence-corrected chi connectivity index (χ3v) is 24.4. The largest absolute Gasteiger partial charge is 0.456 e. The smallest absolute Gasteiger partial charge is 0.136 e. The average Bonchev–Trinajstić information content (AvgIpc) is 1.60. The van der Waals surface area contributed by atoms with Crippen molar-refractivity contribution in [1.82, 2.24) is 0 Å². The second-order valence-corrected chi connectivity index (χ2v) is 31.9. The number of benzene rings is 20. The normalized spacial score (nSPS) is 12.0. The lowest BCUT2D eigenvalue weighted by Gasteiger charge is -2.28. The SMILES string of the molecule is Cc1cccc(N(c2ccccc2)c2ccc3cc4c(cc3c2)oc2cc3cc5oc6cc7cc(N(c8ccccc8)c8cccc(-c9cccc(N(c%10ccc%11cc%12c(cc%11c%10)oc%10cc%11cc%13oc%14cc%15cc(N(c%16ccccc%16)c%16ccccc%16C)ccc%15cc%14c%13cc%11cc%10%12)c%10ccccc%10C)c9)c8)ccc7cc6c5cc3cc24)c1. The Bertz CT molecular complexity index is 8320. The predicted molar refractivity (Wildman–Crippen MR) is 499 cm³/mol. The number of para-hydroxylation sites is 5. The molecule has 0 N–H and O–H groups in total. The first-order chi connectivity index (χ1) is 58.6. The van der Waals surface area contributed by atoms with Crippen molar-refractivity contribution in [2.45, 2.75) is 20.8 Å². The van der Waals surface area contributed by atoms with Crippen LogP contribution < -0.4 is 19.6 Å². The molecule has 0 atom stereocenters. The predicted octanol–water partition coefficient (Wildman–Crippen LogP) is 32.7. The Kier molecular flexibility index (Phi) is 15.2. The minimum Gasteiger partial charge on any atom is -0.456 e. The molecule has 0 unspecified atom stereocenters. The van der Waals surface area contributed by atoms with Gasteiger partial charge in [-0.2, -0.15) is 0 Å². The van der Waals surface area contributed by atoms with Crippen molar-refractivity contribution in [3.63, 3.8) is 0 Å². The van der Waals surface area contributed by atoms with Crippen LogP contribution in [0.15, 0.2) is 400 Å². The van der Waals surface area contributed by atoms with Gasteiger partial charge in [-0.05, 0) is 344 Å². The van der Waals surface area contributed by atoms with Crippen LogP contribution in [0, 0.1) is 20.8 Å². The van der Waals surface area contributed by atoms with E-state index < -0.39 is 0 Å². The van der Waals surface area contributed by atoms with Crippen LogP contribution in [0.4, 0.5) is 68.2 Å². The van der Waals surface area contributed by atoms with Gasteiger partial charge in [-0.15, -0.1) is 0 Å². The number of aryl methyl sites for hydroxylation is 3. The van der Waals surface area contributed by atoms with Crippen molar-refractivity contribution >= 4 is 221 Å². The Hall–Kier alpha value is -15.6. The van der Waals surface area contributed by atoms with Crippen LogP contribution in [0.5, 0.6) is 0 Å². The van der Waals surface area contributed by atoms with E-state index in [-0.39, 0.29) is 0 Å². The van der Waals surface area contributed by atoms with Crippen molar-refractivity contribution < 1.29 is 17.7 Å². The summed E-state index contributed by atoms with van der Waals surface area (Å²) in [6, 6.07) is 138. The van der Waals surface area contributed by atoms with Gasteiger partial charge in [0, 0.05) is 111 Å². The number of nitrogens with zero attached hydrogens (tertiary/aromatic N) is 4. The van der Waals surface area contributed by atoms with Crippen LogP contribution in [0.25, 0.3) is 164 Å². The molecule has 560 valence electrons. The first-order valence-electron chi connectivity index (χ1n) is 40.6. The topological polar surface area (TPSA) is 65.5 Å². The van der Waals surface area contributed by atoms with E-state index in [9.17, 15) is 0 Å². The van der Waals surface area contributed by atoms with Gasteiger partial charge in [0.25, 0.3) is 0 Å². The molecule has 4 aromatic heterocycles. The van der Waals surface area contributed by atoms with Gasteiger partial charge >= 0.3 is 0 Å². The molecule has 119 heavy (non-hydrogen) atoms. The lowest BCUT2D eigenvalue weighted by atomic mass is 10.00. The standard InChI is InChI=1S/C111H72N4O4/c1-67-20-17-31-87(44-67)112(84-25-7-4-8-26-84)90-40-36-72-51-94-98-55-80-56-99-95-52-73-37-41-91(48-77(73)60-105(95)117-109(99)64-82(80)63-108(98)116-104(94)59-76(72)47-90)113(85-27-9-5-10-28-85)88-32-18-23-70(45-88)71-24-19-33-89(46-71)115(103-35-16-14-22-69(103)3)93-43-39-75-54-97-101-58-81-57-100-96-53-74-38-42-92(114(86-29-11-6-12-30-86)102-34-15-13-21-68(102)2)49-78(74)61-106(96)118-110(100)65-83(81)66-111(101)119-107(97)62-79(75)50-93/h4-66H,1-3H3. The summed E-state index contributed by atoms with van der Waals surface area (Å²) < 4.78 is 27.3. The molecule has 24 aromatic rings. The highest BCUT2D eigenvalue weighted by Crippen LogP contribution is 2.49. The monoisotopic (exact) mass is 1520 g/mol. The molecule has 0 aliphatic heterocycles. The summed E-state index contributed by atoms with van der Waals surface area (Å²) in [7, 11) is 0. The van der Waals surface area contributed by atoms with E-state index in [2.05, 4.69) is 423 Å². The fourth-order valence-corrected chi connectivity index (χ4v) is 18.6. The number of rotatable bonds is 13. The highest BCUT2D eigenvalue weighted by Gasteiger charge is 2.24. The van der Waals surface area contributed by atoms with E-state index in [1.807, 2.05) is 0 Å². The Labute approximate surface area is 684 Å². The Balaban J connectivity index is 0.534. The maximum atomic E-state index is 6.87. The van der Waals surface area contributed by atoms with Gasteiger partial charge in [0.1, 0.15) is 44.7 Å². The Morgan fingerprint density at radius 2 is 0.395 bits per heavy atom. The van der Waals surface area contributed by atoms with Crippen molar-refractivity contribution in [1.29, 1.82) is 0 Å². The van der Waals surface area contributed by atoms with E-state index in [0.29, 0.717) is 0 Å². The molecule has 0 aliphatic rings. The van der Waals surface area contributed by atoms with Gasteiger partial charge in [0.05, 0.1) is 0 Å². The molecule has 24 rings (SSSR count). The highest BCUT2D eigenvalue weighted by atomic mass is 16.3. The molecular weight excluding hydrogens is 1450 g/mol. The first kappa shape index (κ1) is 67.8. The number of fused-ring (bicyclic) bond motifs is 18. The lowest BCUT2D eigenvalue weighted by Crippen LogP contribution is -2.11. The molecule has 8 nitrogen and oxygen atoms in total. The lowest BCUT2D eigenvalue weighted by molar-refractivity contribution is 0.668. The fraction of sp³-hybridized carbons (Fsp3) is 0.0270. The van der Waals surface area contributed by atoms with E-state index in [1.54, 1.807) is 0 Å². The molecule has 0 aliphatic carbocycles. The molecule has 0 saturated carbocycles. The Morgan fingerprint density at radius 1 is 0.160 bits per heavy atom. The van der Waals surface area contributed by atoms with Crippen LogP contribution in [0.3, 0.4) is 0 Å². The zero-order chi connectivity index (χ0) is 78.7. The van der Waals surface area contributed by atoms with Crippen molar-refractivity contribution in [3.05, 3.63) is 399 Å². The third-order valence-electron chi connectivity index (χ3n) is 24.4. The summed E-state index contributed by atoms with van der Waals surface area (Å²) in [4.78, 5) is 9.39. The maximum Gasteiger partial charge on any atom is 0.136 e. The van der Waals surface area contributed by atoms with Crippen LogP contribution in [0.1, 0.15) is 16.7 Å². The molecule has 0 spiro atoms. The van der Waals surface area contributed by atoms with E-state index >= 15 is 0 Å². The second kappa shape index (κ2) is 26.7. The second-order valence-electron chi connectivity index (χ2n) is 31.9. The molecule has 0 radical (unpaired) electrons. The van der Waals surface area contributed by atoms with E-state index in [0.717, 1.165) is 237 Å². The van der Waals surface area contributed by atoms with E-state index in [1.165, 1.54) is 11.1 Å². The molecule has 0 bridgehead atoms. The summed E-state index contributed by atoms with van der Waals surface area (Å²) in [6.07, 6.45) is 0. The fourth-order valence-electron chi connectivity index (χ4n) is 18.6. The molecule has 20 aromatic carbocycles. The number of anilines is 12. The Morgan fingerprint density at radius 3 is 0.723 bits per heavy atom. The summed E-state index contributed by atoms with van der Waals surface area (Å²) in [5.41, 5.74) is 25.4. The van der Waals surface area contributed by atoms with Gasteiger partial charge < -0.3 is 37.3 Å². The van der Waals surface area contributed by atoms with E-state index in [4.69, 9.17) is 17.7 Å². The zero-order valence-electron chi connectivity index (χ0n) is 65.3. The van der Waals surface area contributed by atoms with Crippen molar-refractivity contribution in [3.8, 4) is 11.1 Å². The molecule has 0 saturated heterocycles. The molecule has 0 fully saturated rings.